The van der Waals surface area contributed by atoms with E-state index in [0.717, 1.165) is 30.9 Å². The molecular formula is C16H15Cl2F3N4. The fourth-order valence-electron chi connectivity index (χ4n) is 2.71. The summed E-state index contributed by atoms with van der Waals surface area (Å²) in [7, 11) is 0. The molecule has 2 aromatic rings. The third kappa shape index (κ3) is 4.34. The lowest BCUT2D eigenvalue weighted by Gasteiger charge is -2.35. The van der Waals surface area contributed by atoms with Gasteiger partial charge in [0.05, 0.1) is 10.6 Å². The van der Waals surface area contributed by atoms with Crippen LogP contribution in [0, 0.1) is 0 Å². The van der Waals surface area contributed by atoms with Gasteiger partial charge >= 0.3 is 6.18 Å². The second kappa shape index (κ2) is 7.35. The molecule has 1 fully saturated rings. The van der Waals surface area contributed by atoms with Gasteiger partial charge in [0.2, 0.25) is 0 Å². The first-order chi connectivity index (χ1) is 11.8. The Bertz CT molecular complexity index is 746. The number of halogens is 5. The van der Waals surface area contributed by atoms with Crippen molar-refractivity contribution in [1.29, 1.82) is 0 Å². The van der Waals surface area contributed by atoms with Gasteiger partial charge < -0.3 is 4.90 Å². The predicted molar refractivity (Wildman–Crippen MR) is 91.0 cm³/mol. The van der Waals surface area contributed by atoms with Gasteiger partial charge in [0.25, 0.3) is 0 Å². The molecule has 3 heterocycles. The number of anilines is 1. The minimum Gasteiger partial charge on any atom is -0.353 e. The Labute approximate surface area is 153 Å². The number of aromatic nitrogens is 2. The first kappa shape index (κ1) is 18.2. The van der Waals surface area contributed by atoms with Gasteiger partial charge in [-0.1, -0.05) is 29.3 Å². The average molecular weight is 391 g/mol. The summed E-state index contributed by atoms with van der Waals surface area (Å²) >= 11 is 12.1. The summed E-state index contributed by atoms with van der Waals surface area (Å²) in [6.07, 6.45) is -1.98. The Morgan fingerprint density at radius 1 is 1.08 bits per heavy atom. The molecule has 0 amide bonds. The average Bonchev–Trinajstić information content (AvgIpc) is 2.57. The van der Waals surface area contributed by atoms with Crippen LogP contribution in [0.2, 0.25) is 10.2 Å². The minimum absolute atomic E-state index is 0.0126. The molecule has 9 heteroatoms. The predicted octanol–water partition coefficient (Wildman–Crippen LogP) is 4.12. The minimum atomic E-state index is -4.45. The van der Waals surface area contributed by atoms with Gasteiger partial charge in [-0.2, -0.15) is 13.2 Å². The lowest BCUT2D eigenvalue weighted by atomic mass is 10.2. The summed E-state index contributed by atoms with van der Waals surface area (Å²) in [6.45, 7) is 3.37. The molecule has 0 unspecified atom stereocenters. The summed E-state index contributed by atoms with van der Waals surface area (Å²) in [4.78, 5) is 12.1. The van der Waals surface area contributed by atoms with Crippen molar-refractivity contribution in [3.63, 3.8) is 0 Å². The molecule has 1 saturated heterocycles. The second-order valence-electron chi connectivity index (χ2n) is 5.74. The van der Waals surface area contributed by atoms with Gasteiger partial charge in [0, 0.05) is 50.7 Å². The highest BCUT2D eigenvalue weighted by Crippen LogP contribution is 2.33. The lowest BCUT2D eigenvalue weighted by molar-refractivity contribution is -0.137. The van der Waals surface area contributed by atoms with E-state index in [1.165, 1.54) is 0 Å². The molecule has 1 aliphatic rings. The Morgan fingerprint density at radius 3 is 2.40 bits per heavy atom. The number of pyridine rings is 2. The maximum atomic E-state index is 12.7. The molecule has 3 rings (SSSR count). The third-order valence-electron chi connectivity index (χ3n) is 4.05. The van der Waals surface area contributed by atoms with Crippen LogP contribution < -0.4 is 4.90 Å². The number of hydrogen-bond donors (Lipinski definition) is 0. The van der Waals surface area contributed by atoms with Crippen molar-refractivity contribution < 1.29 is 13.2 Å². The summed E-state index contributed by atoms with van der Waals surface area (Å²) in [5.41, 5.74) is 0.106. The second-order valence-corrected chi connectivity index (χ2v) is 6.51. The number of alkyl halides is 3. The molecular weight excluding hydrogens is 376 g/mol. The van der Waals surface area contributed by atoms with E-state index in [2.05, 4.69) is 14.9 Å². The van der Waals surface area contributed by atoms with E-state index in [-0.39, 0.29) is 5.02 Å². The zero-order valence-electron chi connectivity index (χ0n) is 13.1. The van der Waals surface area contributed by atoms with Gasteiger partial charge in [-0.25, -0.2) is 9.97 Å². The molecule has 2 aromatic heterocycles. The van der Waals surface area contributed by atoms with Crippen LogP contribution in [0.15, 0.2) is 30.6 Å². The van der Waals surface area contributed by atoms with Gasteiger partial charge in [0.1, 0.15) is 11.0 Å². The Morgan fingerprint density at radius 2 is 1.80 bits per heavy atom. The molecule has 0 bridgehead atoms. The van der Waals surface area contributed by atoms with Crippen LogP contribution in [-0.2, 0) is 12.7 Å². The SMILES string of the molecule is FC(F)(F)c1cnc(N2CCN(Cc3cccnc3Cl)CC2)c(Cl)c1. The van der Waals surface area contributed by atoms with Gasteiger partial charge in [-0.05, 0) is 12.1 Å². The summed E-state index contributed by atoms with van der Waals surface area (Å²) in [5.74, 6) is 0.383. The van der Waals surface area contributed by atoms with E-state index in [9.17, 15) is 13.2 Å². The normalized spacial score (nSPS) is 16.3. The summed E-state index contributed by atoms with van der Waals surface area (Å²) in [5, 5.41) is 0.496. The highest BCUT2D eigenvalue weighted by atomic mass is 35.5. The van der Waals surface area contributed by atoms with Crippen molar-refractivity contribution >= 4 is 29.0 Å². The molecule has 4 nitrogen and oxygen atoms in total. The quantitative estimate of drug-likeness (QED) is 0.737. The smallest absolute Gasteiger partial charge is 0.353 e. The van der Waals surface area contributed by atoms with Crippen LogP contribution in [0.1, 0.15) is 11.1 Å². The molecule has 0 saturated carbocycles. The molecule has 0 atom stereocenters. The molecule has 0 aliphatic carbocycles. The van der Waals surface area contributed by atoms with E-state index in [0.29, 0.717) is 30.6 Å². The topological polar surface area (TPSA) is 32.3 Å². The fourth-order valence-corrected chi connectivity index (χ4v) is 3.18. The van der Waals surface area contributed by atoms with E-state index >= 15 is 0 Å². The van der Waals surface area contributed by atoms with Crippen LogP contribution in [0.5, 0.6) is 0 Å². The van der Waals surface area contributed by atoms with Crippen molar-refractivity contribution in [3.8, 4) is 0 Å². The van der Waals surface area contributed by atoms with Crippen molar-refractivity contribution in [3.05, 3.63) is 51.9 Å². The van der Waals surface area contributed by atoms with Crippen LogP contribution in [0.25, 0.3) is 0 Å². The number of nitrogens with zero attached hydrogens (tertiary/aromatic N) is 4. The van der Waals surface area contributed by atoms with Crippen molar-refractivity contribution in [2.75, 3.05) is 31.1 Å². The first-order valence-electron chi connectivity index (χ1n) is 7.64. The summed E-state index contributed by atoms with van der Waals surface area (Å²) in [6, 6.07) is 4.69. The van der Waals surface area contributed by atoms with E-state index < -0.39 is 11.7 Å². The maximum Gasteiger partial charge on any atom is 0.417 e. The molecule has 0 radical (unpaired) electrons. The zero-order chi connectivity index (χ0) is 18.0. The first-order valence-corrected chi connectivity index (χ1v) is 8.39. The number of hydrogen-bond acceptors (Lipinski definition) is 4. The molecule has 134 valence electrons. The van der Waals surface area contributed by atoms with E-state index in [1.807, 2.05) is 17.0 Å². The van der Waals surface area contributed by atoms with Crippen LogP contribution in [0.4, 0.5) is 19.0 Å². The Balaban J connectivity index is 1.64. The highest BCUT2D eigenvalue weighted by Gasteiger charge is 2.32. The molecule has 0 spiro atoms. The van der Waals surface area contributed by atoms with Crippen molar-refractivity contribution in [1.82, 2.24) is 14.9 Å². The van der Waals surface area contributed by atoms with E-state index in [1.54, 1.807) is 6.20 Å². The largest absolute Gasteiger partial charge is 0.417 e. The molecule has 25 heavy (non-hydrogen) atoms. The molecule has 0 N–H and O–H groups in total. The van der Waals surface area contributed by atoms with Gasteiger partial charge in [0.15, 0.2) is 0 Å². The van der Waals surface area contributed by atoms with Crippen LogP contribution >= 0.6 is 23.2 Å². The van der Waals surface area contributed by atoms with Crippen molar-refractivity contribution in [2.24, 2.45) is 0 Å². The highest BCUT2D eigenvalue weighted by molar-refractivity contribution is 6.33. The molecule has 0 aromatic carbocycles. The Kier molecular flexibility index (Phi) is 5.36. The monoisotopic (exact) mass is 390 g/mol. The van der Waals surface area contributed by atoms with Gasteiger partial charge in [-0.3, -0.25) is 4.90 Å². The number of piperazine rings is 1. The summed E-state index contributed by atoms with van der Waals surface area (Å²) < 4.78 is 38.1. The Hall–Kier alpha value is -1.57. The number of rotatable bonds is 3. The van der Waals surface area contributed by atoms with Crippen LogP contribution in [-0.4, -0.2) is 41.0 Å². The lowest BCUT2D eigenvalue weighted by Crippen LogP contribution is -2.46. The van der Waals surface area contributed by atoms with Crippen molar-refractivity contribution in [2.45, 2.75) is 12.7 Å². The standard InChI is InChI=1S/C16H15Cl2F3N4/c17-13-8-12(16(19,20)21)9-23-15(13)25-6-4-24(5-7-25)10-11-2-1-3-22-14(11)18/h1-3,8-9H,4-7,10H2. The zero-order valence-corrected chi connectivity index (χ0v) is 14.6. The van der Waals surface area contributed by atoms with Crippen LogP contribution in [0.3, 0.4) is 0 Å². The fraction of sp³-hybridized carbons (Fsp3) is 0.375. The maximum absolute atomic E-state index is 12.7. The third-order valence-corrected chi connectivity index (χ3v) is 4.67. The van der Waals surface area contributed by atoms with Gasteiger partial charge in [-0.15, -0.1) is 0 Å². The van der Waals surface area contributed by atoms with E-state index in [4.69, 9.17) is 23.2 Å². The molecule has 1 aliphatic heterocycles.